The summed E-state index contributed by atoms with van der Waals surface area (Å²) in [6, 6.07) is 15.7. The largest absolute Gasteiger partial charge is 0.361 e. The van der Waals surface area contributed by atoms with Crippen LogP contribution >= 0.6 is 11.6 Å². The quantitative estimate of drug-likeness (QED) is 0.542. The van der Waals surface area contributed by atoms with Crippen molar-refractivity contribution in [3.8, 4) is 11.3 Å². The molecule has 3 aromatic rings. The molecule has 0 saturated heterocycles. The van der Waals surface area contributed by atoms with Gasteiger partial charge in [0.25, 0.3) is 0 Å². The standard InChI is InChI=1S/C22H22ClFN2O2/c1-15(27)22(2,3)28-14-19-12-21(16-8-6-9-18(24)11-16)26(25-19)13-17-7-4-5-10-20(17)23/h4-12H,13-14H2,1-3H3. The Balaban J connectivity index is 1.95. The van der Waals surface area contributed by atoms with Crippen molar-refractivity contribution in [3.63, 3.8) is 0 Å². The van der Waals surface area contributed by atoms with Crippen LogP contribution in [0.5, 0.6) is 0 Å². The average molecular weight is 401 g/mol. The van der Waals surface area contributed by atoms with Crippen molar-refractivity contribution >= 4 is 17.4 Å². The molecule has 0 aliphatic rings. The summed E-state index contributed by atoms with van der Waals surface area (Å²) in [5.41, 5.74) is 2.11. The molecule has 0 atom stereocenters. The highest BCUT2D eigenvalue weighted by atomic mass is 35.5. The summed E-state index contributed by atoms with van der Waals surface area (Å²) in [5.74, 6) is -0.383. The zero-order valence-corrected chi connectivity index (χ0v) is 16.8. The molecule has 0 spiro atoms. The Bertz CT molecular complexity index is 998. The Labute approximate surface area is 168 Å². The van der Waals surface area contributed by atoms with Gasteiger partial charge in [-0.1, -0.05) is 41.9 Å². The van der Waals surface area contributed by atoms with E-state index in [4.69, 9.17) is 16.3 Å². The Hall–Kier alpha value is -2.50. The minimum Gasteiger partial charge on any atom is -0.361 e. The smallest absolute Gasteiger partial charge is 0.161 e. The highest BCUT2D eigenvalue weighted by Crippen LogP contribution is 2.25. The van der Waals surface area contributed by atoms with Gasteiger partial charge in [0, 0.05) is 10.6 Å². The molecule has 146 valence electrons. The average Bonchev–Trinajstić information content (AvgIpc) is 3.05. The van der Waals surface area contributed by atoms with E-state index in [9.17, 15) is 9.18 Å². The Morgan fingerprint density at radius 1 is 1.18 bits per heavy atom. The zero-order valence-electron chi connectivity index (χ0n) is 16.1. The van der Waals surface area contributed by atoms with Gasteiger partial charge >= 0.3 is 0 Å². The molecule has 0 aliphatic heterocycles. The maximum Gasteiger partial charge on any atom is 0.161 e. The third-order valence-corrected chi connectivity index (χ3v) is 5.03. The van der Waals surface area contributed by atoms with Crippen LogP contribution in [0.3, 0.4) is 0 Å². The first-order valence-electron chi connectivity index (χ1n) is 8.97. The molecule has 0 saturated carbocycles. The maximum absolute atomic E-state index is 13.8. The third-order valence-electron chi connectivity index (χ3n) is 4.66. The monoisotopic (exact) mass is 400 g/mol. The predicted octanol–water partition coefficient (Wildman–Crippen LogP) is 5.28. The second-order valence-corrected chi connectivity index (χ2v) is 7.54. The van der Waals surface area contributed by atoms with E-state index in [1.165, 1.54) is 19.1 Å². The van der Waals surface area contributed by atoms with Gasteiger partial charge in [0.1, 0.15) is 11.4 Å². The van der Waals surface area contributed by atoms with Crippen molar-refractivity contribution in [1.82, 2.24) is 9.78 Å². The summed E-state index contributed by atoms with van der Waals surface area (Å²) >= 11 is 6.30. The summed E-state index contributed by atoms with van der Waals surface area (Å²) in [4.78, 5) is 11.7. The molecule has 4 nitrogen and oxygen atoms in total. The molecule has 1 aromatic heterocycles. The lowest BCUT2D eigenvalue weighted by Crippen LogP contribution is -2.32. The van der Waals surface area contributed by atoms with E-state index in [0.717, 1.165) is 11.3 Å². The number of nitrogens with zero attached hydrogens (tertiary/aromatic N) is 2. The van der Waals surface area contributed by atoms with Crippen LogP contribution in [0.15, 0.2) is 54.6 Å². The first-order chi connectivity index (χ1) is 13.3. The molecule has 28 heavy (non-hydrogen) atoms. The molecular weight excluding hydrogens is 379 g/mol. The Morgan fingerprint density at radius 3 is 2.61 bits per heavy atom. The minimum atomic E-state index is -0.897. The first-order valence-corrected chi connectivity index (χ1v) is 9.35. The van der Waals surface area contributed by atoms with Crippen LogP contribution in [0.25, 0.3) is 11.3 Å². The molecule has 0 N–H and O–H groups in total. The topological polar surface area (TPSA) is 44.1 Å². The summed E-state index contributed by atoms with van der Waals surface area (Å²) in [5, 5.41) is 5.25. The number of halogens is 2. The number of benzene rings is 2. The lowest BCUT2D eigenvalue weighted by atomic mass is 10.1. The van der Waals surface area contributed by atoms with E-state index >= 15 is 0 Å². The van der Waals surface area contributed by atoms with Crippen LogP contribution in [-0.4, -0.2) is 21.2 Å². The van der Waals surface area contributed by atoms with E-state index in [1.54, 1.807) is 24.6 Å². The van der Waals surface area contributed by atoms with E-state index in [-0.39, 0.29) is 18.2 Å². The predicted molar refractivity (Wildman–Crippen MR) is 108 cm³/mol. The molecule has 0 fully saturated rings. The molecule has 2 aromatic carbocycles. The normalized spacial score (nSPS) is 11.6. The van der Waals surface area contributed by atoms with Crippen LogP contribution in [-0.2, 0) is 22.7 Å². The second-order valence-electron chi connectivity index (χ2n) is 7.14. The number of aromatic nitrogens is 2. The van der Waals surface area contributed by atoms with Crippen molar-refractivity contribution in [2.45, 2.75) is 39.5 Å². The van der Waals surface area contributed by atoms with E-state index in [1.807, 2.05) is 36.4 Å². The number of rotatable bonds is 7. The van der Waals surface area contributed by atoms with Crippen LogP contribution < -0.4 is 0 Å². The number of Topliss-reactive ketones (excluding diaryl/α,β-unsaturated/α-hetero) is 1. The summed E-state index contributed by atoms with van der Waals surface area (Å²) in [6.45, 7) is 5.55. The molecule has 0 amide bonds. The van der Waals surface area contributed by atoms with Gasteiger partial charge in [-0.3, -0.25) is 9.48 Å². The summed E-state index contributed by atoms with van der Waals surface area (Å²) in [7, 11) is 0. The minimum absolute atomic E-state index is 0.0617. The lowest BCUT2D eigenvalue weighted by molar-refractivity contribution is -0.139. The van der Waals surface area contributed by atoms with E-state index < -0.39 is 5.60 Å². The van der Waals surface area contributed by atoms with Gasteiger partial charge in [0.2, 0.25) is 0 Å². The molecular formula is C22H22ClFN2O2. The fraction of sp³-hybridized carbons (Fsp3) is 0.273. The molecule has 1 heterocycles. The summed E-state index contributed by atoms with van der Waals surface area (Å²) in [6.07, 6.45) is 0. The van der Waals surface area contributed by atoms with Gasteiger partial charge in [-0.25, -0.2) is 4.39 Å². The highest BCUT2D eigenvalue weighted by Gasteiger charge is 2.25. The van der Waals surface area contributed by atoms with Crippen LogP contribution in [0.1, 0.15) is 32.0 Å². The molecule has 0 radical (unpaired) electrons. The van der Waals surface area contributed by atoms with Crippen molar-refractivity contribution in [1.29, 1.82) is 0 Å². The van der Waals surface area contributed by atoms with Gasteiger partial charge in [-0.15, -0.1) is 0 Å². The molecule has 0 bridgehead atoms. The van der Waals surface area contributed by atoms with Crippen LogP contribution in [0.2, 0.25) is 5.02 Å². The second kappa shape index (κ2) is 8.25. The highest BCUT2D eigenvalue weighted by molar-refractivity contribution is 6.31. The maximum atomic E-state index is 13.8. The number of carbonyl (C=O) groups excluding carboxylic acids is 1. The molecule has 6 heteroatoms. The summed E-state index contributed by atoms with van der Waals surface area (Å²) < 4.78 is 21.3. The number of carbonyl (C=O) groups is 1. The van der Waals surface area contributed by atoms with Gasteiger partial charge < -0.3 is 4.74 Å². The number of ketones is 1. The zero-order chi connectivity index (χ0) is 20.3. The fourth-order valence-electron chi connectivity index (χ4n) is 2.69. The SMILES string of the molecule is CC(=O)C(C)(C)OCc1cc(-c2cccc(F)c2)n(Cc2ccccc2Cl)n1. The third kappa shape index (κ3) is 4.66. The van der Waals surface area contributed by atoms with Crippen molar-refractivity contribution < 1.29 is 13.9 Å². The van der Waals surface area contributed by atoms with Gasteiger partial charge in [0.05, 0.1) is 24.5 Å². The van der Waals surface area contributed by atoms with Crippen LogP contribution in [0.4, 0.5) is 4.39 Å². The van der Waals surface area contributed by atoms with Crippen molar-refractivity contribution in [3.05, 3.63) is 76.7 Å². The first kappa shape index (κ1) is 20.2. The number of hydrogen-bond donors (Lipinski definition) is 0. The Morgan fingerprint density at radius 2 is 1.93 bits per heavy atom. The van der Waals surface area contributed by atoms with Gasteiger partial charge in [-0.2, -0.15) is 5.10 Å². The lowest BCUT2D eigenvalue weighted by Gasteiger charge is -2.21. The molecule has 0 unspecified atom stereocenters. The Kier molecular flexibility index (Phi) is 5.96. The molecule has 0 aliphatic carbocycles. The van der Waals surface area contributed by atoms with Gasteiger partial charge in [-0.05, 0) is 50.6 Å². The fourth-order valence-corrected chi connectivity index (χ4v) is 2.88. The molecule has 3 rings (SSSR count). The van der Waals surface area contributed by atoms with Crippen LogP contribution in [0, 0.1) is 5.82 Å². The van der Waals surface area contributed by atoms with Crippen molar-refractivity contribution in [2.24, 2.45) is 0 Å². The van der Waals surface area contributed by atoms with Crippen molar-refractivity contribution in [2.75, 3.05) is 0 Å². The van der Waals surface area contributed by atoms with E-state index in [0.29, 0.717) is 22.8 Å². The number of ether oxygens (including phenoxy) is 1. The van der Waals surface area contributed by atoms with E-state index in [2.05, 4.69) is 5.10 Å². The van der Waals surface area contributed by atoms with Gasteiger partial charge in [0.15, 0.2) is 5.78 Å². The number of hydrogen-bond acceptors (Lipinski definition) is 3.